The van der Waals surface area contributed by atoms with E-state index < -0.39 is 0 Å². The molecule has 20 heavy (non-hydrogen) atoms. The predicted molar refractivity (Wildman–Crippen MR) is 88.3 cm³/mol. The summed E-state index contributed by atoms with van der Waals surface area (Å²) in [6, 6.07) is 15.0. The van der Waals surface area contributed by atoms with Gasteiger partial charge in [-0.2, -0.15) is 0 Å². The summed E-state index contributed by atoms with van der Waals surface area (Å²) in [6.45, 7) is 11.2. The van der Waals surface area contributed by atoms with Crippen LogP contribution in [0.25, 0.3) is 0 Å². The average molecular weight is 267 g/mol. The van der Waals surface area contributed by atoms with Crippen LogP contribution in [-0.2, 0) is 5.41 Å². The van der Waals surface area contributed by atoms with Crippen molar-refractivity contribution in [2.75, 3.05) is 5.73 Å². The van der Waals surface area contributed by atoms with E-state index in [-0.39, 0.29) is 5.41 Å². The van der Waals surface area contributed by atoms with Crippen molar-refractivity contribution in [2.45, 2.75) is 46.0 Å². The Bertz CT molecular complexity index is 609. The van der Waals surface area contributed by atoms with Gasteiger partial charge in [0.25, 0.3) is 0 Å². The van der Waals surface area contributed by atoms with Gasteiger partial charge in [0.2, 0.25) is 0 Å². The minimum absolute atomic E-state index is 0.0152. The highest BCUT2D eigenvalue weighted by molar-refractivity contribution is 5.52. The summed E-state index contributed by atoms with van der Waals surface area (Å²) in [5.74, 6) is 0.469. The van der Waals surface area contributed by atoms with Crippen LogP contribution in [0, 0.1) is 6.92 Å². The first-order chi connectivity index (χ1) is 9.34. The van der Waals surface area contributed by atoms with Crippen molar-refractivity contribution >= 4 is 5.69 Å². The topological polar surface area (TPSA) is 26.0 Å². The Morgan fingerprint density at radius 2 is 1.60 bits per heavy atom. The van der Waals surface area contributed by atoms with Gasteiger partial charge in [0.05, 0.1) is 0 Å². The van der Waals surface area contributed by atoms with E-state index in [1.165, 1.54) is 22.3 Å². The van der Waals surface area contributed by atoms with Gasteiger partial charge in [-0.05, 0) is 47.2 Å². The fraction of sp³-hybridized carbons (Fsp3) is 0.368. The zero-order chi connectivity index (χ0) is 14.9. The van der Waals surface area contributed by atoms with Crippen LogP contribution < -0.4 is 5.73 Å². The summed E-state index contributed by atoms with van der Waals surface area (Å²) in [5, 5.41) is 0. The Balaban J connectivity index is 2.63. The molecule has 0 aliphatic rings. The fourth-order valence-electron chi connectivity index (χ4n) is 3.05. The van der Waals surface area contributed by atoms with Crippen molar-refractivity contribution in [1.82, 2.24) is 0 Å². The molecule has 2 rings (SSSR count). The lowest BCUT2D eigenvalue weighted by molar-refractivity contribution is 0.620. The van der Waals surface area contributed by atoms with Gasteiger partial charge in [-0.1, -0.05) is 58.0 Å². The van der Waals surface area contributed by atoms with Gasteiger partial charge in [0, 0.05) is 11.1 Å². The Hall–Kier alpha value is -1.76. The molecule has 0 saturated heterocycles. The summed E-state index contributed by atoms with van der Waals surface area (Å²) in [4.78, 5) is 0. The molecular formula is C19H25N. The highest BCUT2D eigenvalue weighted by Crippen LogP contribution is 2.38. The molecule has 0 amide bonds. The number of hydrogen-bond donors (Lipinski definition) is 1. The van der Waals surface area contributed by atoms with Gasteiger partial charge in [0.1, 0.15) is 0 Å². The zero-order valence-corrected chi connectivity index (χ0v) is 13.2. The molecule has 2 aromatic carbocycles. The number of aryl methyl sites for hydroxylation is 1. The van der Waals surface area contributed by atoms with E-state index in [1.54, 1.807) is 0 Å². The third kappa shape index (κ3) is 2.58. The normalized spacial score (nSPS) is 11.9. The van der Waals surface area contributed by atoms with Crippen LogP contribution in [0.3, 0.4) is 0 Å². The van der Waals surface area contributed by atoms with Crippen molar-refractivity contribution in [1.29, 1.82) is 0 Å². The standard InChI is InChI=1S/C19H25N/c1-13(2)16-12-15(20)10-11-18(16)19(4,5)17-9-7-6-8-14(17)3/h6-13H,20H2,1-5H3. The van der Waals surface area contributed by atoms with Crippen LogP contribution in [0.15, 0.2) is 42.5 Å². The Morgan fingerprint density at radius 1 is 0.950 bits per heavy atom. The molecule has 0 aliphatic carbocycles. The van der Waals surface area contributed by atoms with Crippen LogP contribution in [-0.4, -0.2) is 0 Å². The highest BCUT2D eigenvalue weighted by atomic mass is 14.5. The minimum Gasteiger partial charge on any atom is -0.399 e. The summed E-state index contributed by atoms with van der Waals surface area (Å²) >= 11 is 0. The van der Waals surface area contributed by atoms with Crippen molar-refractivity contribution in [3.63, 3.8) is 0 Å². The molecule has 0 atom stereocenters. The maximum absolute atomic E-state index is 5.98. The Labute approximate surface area is 122 Å². The molecule has 106 valence electrons. The largest absolute Gasteiger partial charge is 0.399 e. The quantitative estimate of drug-likeness (QED) is 0.776. The third-order valence-corrected chi connectivity index (χ3v) is 4.19. The zero-order valence-electron chi connectivity index (χ0n) is 13.2. The first kappa shape index (κ1) is 14.6. The second-order valence-corrected chi connectivity index (χ2v) is 6.44. The van der Waals surface area contributed by atoms with Gasteiger partial charge in [0.15, 0.2) is 0 Å². The van der Waals surface area contributed by atoms with E-state index in [4.69, 9.17) is 5.73 Å². The molecule has 0 saturated carbocycles. The van der Waals surface area contributed by atoms with Crippen molar-refractivity contribution in [3.05, 3.63) is 64.7 Å². The highest BCUT2D eigenvalue weighted by Gasteiger charge is 2.27. The first-order valence-electron chi connectivity index (χ1n) is 7.30. The smallest absolute Gasteiger partial charge is 0.0317 e. The molecule has 0 fully saturated rings. The second-order valence-electron chi connectivity index (χ2n) is 6.44. The number of nitrogen functional groups attached to an aromatic ring is 1. The Kier molecular flexibility index (Phi) is 3.89. The Morgan fingerprint density at radius 3 is 2.20 bits per heavy atom. The molecule has 0 aromatic heterocycles. The second kappa shape index (κ2) is 5.32. The molecule has 2 aromatic rings. The number of hydrogen-bond acceptors (Lipinski definition) is 1. The summed E-state index contributed by atoms with van der Waals surface area (Å²) in [7, 11) is 0. The van der Waals surface area contributed by atoms with Crippen LogP contribution in [0.2, 0.25) is 0 Å². The molecular weight excluding hydrogens is 242 g/mol. The van der Waals surface area contributed by atoms with E-state index in [2.05, 4.69) is 71.0 Å². The van der Waals surface area contributed by atoms with E-state index in [0.717, 1.165) is 5.69 Å². The first-order valence-corrected chi connectivity index (χ1v) is 7.30. The molecule has 1 nitrogen and oxygen atoms in total. The molecule has 2 N–H and O–H groups in total. The van der Waals surface area contributed by atoms with E-state index >= 15 is 0 Å². The van der Waals surface area contributed by atoms with Crippen LogP contribution >= 0.6 is 0 Å². The van der Waals surface area contributed by atoms with Gasteiger partial charge in [-0.25, -0.2) is 0 Å². The summed E-state index contributed by atoms with van der Waals surface area (Å²) in [6.07, 6.45) is 0. The van der Waals surface area contributed by atoms with E-state index in [9.17, 15) is 0 Å². The predicted octanol–water partition coefficient (Wildman–Crippen LogP) is 5.03. The molecule has 1 heteroatoms. The number of rotatable bonds is 3. The molecule has 0 heterocycles. The van der Waals surface area contributed by atoms with Crippen molar-refractivity contribution in [2.24, 2.45) is 0 Å². The fourth-order valence-corrected chi connectivity index (χ4v) is 3.05. The van der Waals surface area contributed by atoms with Crippen LogP contribution in [0.1, 0.15) is 55.9 Å². The number of benzene rings is 2. The van der Waals surface area contributed by atoms with Crippen molar-refractivity contribution in [3.8, 4) is 0 Å². The lowest BCUT2D eigenvalue weighted by Crippen LogP contribution is -2.22. The van der Waals surface area contributed by atoms with Gasteiger partial charge >= 0.3 is 0 Å². The van der Waals surface area contributed by atoms with Crippen molar-refractivity contribution < 1.29 is 0 Å². The molecule has 0 radical (unpaired) electrons. The number of anilines is 1. The van der Waals surface area contributed by atoms with Crippen LogP contribution in [0.5, 0.6) is 0 Å². The molecule has 0 aliphatic heterocycles. The van der Waals surface area contributed by atoms with Gasteiger partial charge in [-0.3, -0.25) is 0 Å². The molecule has 0 spiro atoms. The monoisotopic (exact) mass is 267 g/mol. The average Bonchev–Trinajstić information content (AvgIpc) is 2.38. The molecule has 0 unspecified atom stereocenters. The van der Waals surface area contributed by atoms with Gasteiger partial charge < -0.3 is 5.73 Å². The molecule has 0 bridgehead atoms. The van der Waals surface area contributed by atoms with E-state index in [1.807, 2.05) is 6.07 Å². The lowest BCUT2D eigenvalue weighted by atomic mass is 9.73. The van der Waals surface area contributed by atoms with Crippen LogP contribution in [0.4, 0.5) is 5.69 Å². The van der Waals surface area contributed by atoms with E-state index in [0.29, 0.717) is 5.92 Å². The van der Waals surface area contributed by atoms with Gasteiger partial charge in [-0.15, -0.1) is 0 Å². The maximum Gasteiger partial charge on any atom is 0.0317 e. The minimum atomic E-state index is -0.0152. The summed E-state index contributed by atoms with van der Waals surface area (Å²) in [5.41, 5.74) is 12.2. The SMILES string of the molecule is Cc1ccccc1C(C)(C)c1ccc(N)cc1C(C)C. The number of nitrogens with two attached hydrogens (primary N) is 1. The summed E-state index contributed by atoms with van der Waals surface area (Å²) < 4.78 is 0. The third-order valence-electron chi connectivity index (χ3n) is 4.19. The maximum atomic E-state index is 5.98. The lowest BCUT2D eigenvalue weighted by Gasteiger charge is -2.31.